The normalized spacial score (nSPS) is 14.4. The van der Waals surface area contributed by atoms with E-state index in [0.29, 0.717) is 26.2 Å². The first-order chi connectivity index (χ1) is 13.8. The van der Waals surface area contributed by atoms with E-state index in [2.05, 4.69) is 30.9 Å². The smallest absolute Gasteiger partial charge is 0.270 e. The molecule has 0 aliphatic carbocycles. The highest BCUT2D eigenvalue weighted by Crippen LogP contribution is 2.33. The largest absolute Gasteiger partial charge is 0.345 e. The van der Waals surface area contributed by atoms with Crippen LogP contribution >= 0.6 is 22.9 Å². The highest BCUT2D eigenvalue weighted by Gasteiger charge is 2.26. The molecule has 2 heterocycles. The predicted octanol–water partition coefficient (Wildman–Crippen LogP) is 4.44. The van der Waals surface area contributed by atoms with Crippen LogP contribution in [0.4, 0.5) is 10.8 Å². The fraction of sp³-hybridized carbons (Fsp3) is 0.300. The Morgan fingerprint density at radius 3 is 2.59 bits per heavy atom. The summed E-state index contributed by atoms with van der Waals surface area (Å²) < 4.78 is 1.19. The molecule has 0 unspecified atom stereocenters. The molecule has 3 aromatic rings. The molecule has 0 saturated carbocycles. The summed E-state index contributed by atoms with van der Waals surface area (Å²) in [4.78, 5) is 32.0. The molecule has 1 amide bonds. The van der Waals surface area contributed by atoms with E-state index in [0.717, 1.165) is 10.6 Å². The molecule has 0 spiro atoms. The Bertz CT molecular complexity index is 1120. The van der Waals surface area contributed by atoms with Gasteiger partial charge in [-0.15, -0.1) is 0 Å². The lowest BCUT2D eigenvalue weighted by molar-refractivity contribution is -0.384. The van der Waals surface area contributed by atoms with Gasteiger partial charge in [0.1, 0.15) is 0 Å². The minimum atomic E-state index is -0.526. The summed E-state index contributed by atoms with van der Waals surface area (Å²) in [5.41, 5.74) is 3.44. The second-order valence-corrected chi connectivity index (χ2v) is 8.51. The van der Waals surface area contributed by atoms with E-state index < -0.39 is 4.92 Å². The second-order valence-electron chi connectivity index (χ2n) is 7.13. The van der Waals surface area contributed by atoms with Crippen LogP contribution in [0.2, 0.25) is 5.02 Å². The number of carbonyl (C=O) groups excluding carboxylic acids is 1. The van der Waals surface area contributed by atoms with Gasteiger partial charge in [0.05, 0.1) is 25.7 Å². The van der Waals surface area contributed by atoms with Gasteiger partial charge in [-0.1, -0.05) is 29.0 Å². The summed E-state index contributed by atoms with van der Waals surface area (Å²) in [6, 6.07) is 8.19. The van der Waals surface area contributed by atoms with Crippen LogP contribution in [0.15, 0.2) is 30.3 Å². The Kier molecular flexibility index (Phi) is 5.14. The van der Waals surface area contributed by atoms with E-state index in [1.165, 1.54) is 34.0 Å². The van der Waals surface area contributed by atoms with Gasteiger partial charge in [0.2, 0.25) is 0 Å². The molecule has 0 N–H and O–H groups in total. The molecule has 1 saturated heterocycles. The van der Waals surface area contributed by atoms with Crippen molar-refractivity contribution in [3.05, 3.63) is 62.2 Å². The van der Waals surface area contributed by atoms with Gasteiger partial charge in [-0.05, 0) is 37.1 Å². The lowest BCUT2D eigenvalue weighted by Gasteiger charge is -2.34. The number of piperazine rings is 1. The molecule has 0 bridgehead atoms. The number of anilines is 1. The topological polar surface area (TPSA) is 79.6 Å². The summed E-state index contributed by atoms with van der Waals surface area (Å²) >= 11 is 7.79. The molecule has 2 aromatic carbocycles. The first-order valence-corrected chi connectivity index (χ1v) is 10.4. The van der Waals surface area contributed by atoms with Crippen LogP contribution in [0.5, 0.6) is 0 Å². The number of amides is 1. The zero-order chi connectivity index (χ0) is 20.7. The highest BCUT2D eigenvalue weighted by atomic mass is 35.5. The van der Waals surface area contributed by atoms with E-state index in [9.17, 15) is 14.9 Å². The number of benzene rings is 2. The van der Waals surface area contributed by atoms with Gasteiger partial charge >= 0.3 is 0 Å². The maximum absolute atomic E-state index is 12.8. The Morgan fingerprint density at radius 1 is 1.17 bits per heavy atom. The molecule has 0 atom stereocenters. The number of hydrogen-bond acceptors (Lipinski definition) is 6. The van der Waals surface area contributed by atoms with Crippen molar-refractivity contribution in [2.45, 2.75) is 13.8 Å². The minimum Gasteiger partial charge on any atom is -0.345 e. The maximum atomic E-state index is 12.8. The van der Waals surface area contributed by atoms with Crippen molar-refractivity contribution in [1.82, 2.24) is 9.88 Å². The number of nitro groups is 1. The standard InChI is InChI=1S/C20H19ClN4O3S/c1-12-9-13(2)18-17(10-12)22-20(29-18)24-7-5-23(6-8-24)19(26)15-11-14(25(27)28)3-4-16(15)21/h3-4,9-11H,5-8H2,1-2H3. The summed E-state index contributed by atoms with van der Waals surface area (Å²) in [6.07, 6.45) is 0. The average Bonchev–Trinajstić information content (AvgIpc) is 3.12. The number of rotatable bonds is 3. The van der Waals surface area contributed by atoms with Crippen molar-refractivity contribution in [1.29, 1.82) is 0 Å². The van der Waals surface area contributed by atoms with Gasteiger partial charge in [-0.2, -0.15) is 0 Å². The zero-order valence-corrected chi connectivity index (χ0v) is 17.6. The molecule has 9 heteroatoms. The molecular formula is C20H19ClN4O3S. The molecule has 150 valence electrons. The van der Waals surface area contributed by atoms with E-state index in [1.54, 1.807) is 16.2 Å². The van der Waals surface area contributed by atoms with E-state index >= 15 is 0 Å². The first-order valence-electron chi connectivity index (χ1n) is 9.19. The molecule has 1 aliphatic rings. The zero-order valence-electron chi connectivity index (χ0n) is 16.0. The van der Waals surface area contributed by atoms with Crippen LogP contribution in [0.1, 0.15) is 21.5 Å². The predicted molar refractivity (Wildman–Crippen MR) is 115 cm³/mol. The maximum Gasteiger partial charge on any atom is 0.270 e. The third-order valence-corrected chi connectivity index (χ3v) is 6.63. The molecule has 1 aromatic heterocycles. The molecule has 29 heavy (non-hydrogen) atoms. The third-order valence-electron chi connectivity index (χ3n) is 5.04. The fourth-order valence-corrected chi connectivity index (χ4v) is 4.83. The summed E-state index contributed by atoms with van der Waals surface area (Å²) in [5.74, 6) is -0.283. The number of hydrogen-bond donors (Lipinski definition) is 0. The Morgan fingerprint density at radius 2 is 1.90 bits per heavy atom. The van der Waals surface area contributed by atoms with E-state index in [1.807, 2.05) is 0 Å². The van der Waals surface area contributed by atoms with Gasteiger partial charge in [-0.3, -0.25) is 14.9 Å². The Balaban J connectivity index is 1.50. The van der Waals surface area contributed by atoms with Crippen LogP contribution < -0.4 is 4.90 Å². The van der Waals surface area contributed by atoms with Gasteiger partial charge in [-0.25, -0.2) is 4.98 Å². The van der Waals surface area contributed by atoms with Crippen molar-refractivity contribution in [2.75, 3.05) is 31.1 Å². The van der Waals surface area contributed by atoms with Gasteiger partial charge < -0.3 is 9.80 Å². The summed E-state index contributed by atoms with van der Waals surface area (Å²) in [7, 11) is 0. The van der Waals surface area contributed by atoms with Crippen LogP contribution in [-0.2, 0) is 0 Å². The highest BCUT2D eigenvalue weighted by molar-refractivity contribution is 7.22. The van der Waals surface area contributed by atoms with Crippen LogP contribution in [-0.4, -0.2) is 46.9 Å². The van der Waals surface area contributed by atoms with Crippen molar-refractivity contribution in [2.24, 2.45) is 0 Å². The molecule has 4 rings (SSSR count). The van der Waals surface area contributed by atoms with Crippen LogP contribution in [0.25, 0.3) is 10.2 Å². The molecule has 1 fully saturated rings. The number of nitrogens with zero attached hydrogens (tertiary/aromatic N) is 4. The second kappa shape index (κ2) is 7.61. The number of aromatic nitrogens is 1. The van der Waals surface area contributed by atoms with Gasteiger partial charge in [0.15, 0.2) is 5.13 Å². The molecule has 7 nitrogen and oxygen atoms in total. The number of non-ortho nitro benzene ring substituents is 1. The van der Waals surface area contributed by atoms with Crippen molar-refractivity contribution in [3.8, 4) is 0 Å². The molecular weight excluding hydrogens is 412 g/mol. The number of nitro benzene ring substituents is 1. The third kappa shape index (κ3) is 3.77. The molecule has 0 radical (unpaired) electrons. The lowest BCUT2D eigenvalue weighted by atomic mass is 10.1. The number of fused-ring (bicyclic) bond motifs is 1. The number of carbonyl (C=O) groups is 1. The van der Waals surface area contributed by atoms with Crippen LogP contribution in [0, 0.1) is 24.0 Å². The van der Waals surface area contributed by atoms with Crippen molar-refractivity contribution >= 4 is 49.9 Å². The number of aryl methyl sites for hydroxylation is 2. The quantitative estimate of drug-likeness (QED) is 0.453. The van der Waals surface area contributed by atoms with Crippen molar-refractivity contribution < 1.29 is 9.72 Å². The fourth-order valence-electron chi connectivity index (χ4n) is 3.56. The summed E-state index contributed by atoms with van der Waals surface area (Å²) in [6.45, 7) is 6.47. The monoisotopic (exact) mass is 430 g/mol. The number of thiazole rings is 1. The van der Waals surface area contributed by atoms with E-state index in [-0.39, 0.29) is 22.2 Å². The van der Waals surface area contributed by atoms with Crippen molar-refractivity contribution in [3.63, 3.8) is 0 Å². The average molecular weight is 431 g/mol. The molecule has 1 aliphatic heterocycles. The summed E-state index contributed by atoms with van der Waals surface area (Å²) in [5, 5.41) is 12.2. The minimum absolute atomic E-state index is 0.142. The SMILES string of the molecule is Cc1cc(C)c2sc(N3CCN(C(=O)c4cc([N+](=O)[O-])ccc4Cl)CC3)nc2c1. The lowest BCUT2D eigenvalue weighted by Crippen LogP contribution is -2.48. The van der Waals surface area contributed by atoms with E-state index in [4.69, 9.17) is 16.6 Å². The van der Waals surface area contributed by atoms with Gasteiger partial charge in [0, 0.05) is 38.3 Å². The number of halogens is 1. The Hall–Kier alpha value is -2.71. The van der Waals surface area contributed by atoms with Gasteiger partial charge in [0.25, 0.3) is 11.6 Å². The Labute approximate surface area is 176 Å². The van der Waals surface area contributed by atoms with Crippen LogP contribution in [0.3, 0.4) is 0 Å². The first kappa shape index (κ1) is 19.6.